The van der Waals surface area contributed by atoms with Crippen molar-refractivity contribution in [3.63, 3.8) is 0 Å². The molecule has 0 aliphatic carbocycles. The number of carbonyl (C=O) groups excluding carboxylic acids is 1. The van der Waals surface area contributed by atoms with Gasteiger partial charge in [0.05, 0.1) is 11.4 Å². The quantitative estimate of drug-likeness (QED) is 0.329. The van der Waals surface area contributed by atoms with E-state index in [9.17, 15) is 9.59 Å². The Morgan fingerprint density at radius 1 is 1.00 bits per heavy atom. The van der Waals surface area contributed by atoms with Gasteiger partial charge in [0.2, 0.25) is 11.6 Å². The van der Waals surface area contributed by atoms with Crippen LogP contribution in [0.3, 0.4) is 0 Å². The monoisotopic (exact) mass is 346 g/mol. The smallest absolute Gasteiger partial charge is 0.287 e. The predicted molar refractivity (Wildman–Crippen MR) is 95.7 cm³/mol. The number of hydrazine groups is 1. The summed E-state index contributed by atoms with van der Waals surface area (Å²) in [6, 6.07) is 19.8. The number of nitrogens with two attached hydrogens (primary N) is 1. The summed E-state index contributed by atoms with van der Waals surface area (Å²) in [5.41, 5.74) is 3.54. The lowest BCUT2D eigenvalue weighted by molar-refractivity contribution is 0.0941. The van der Waals surface area contributed by atoms with Crippen molar-refractivity contribution in [1.82, 2.24) is 24.6 Å². The molecule has 2 aromatic carbocycles. The maximum Gasteiger partial charge on any atom is 0.303 e. The highest BCUT2D eigenvalue weighted by molar-refractivity contribution is 5.91. The standard InChI is InChI=1S/C18H14N6O2/c19-21-17(26)16-22-24(13-9-5-2-6-10-13)18-20-14(11-15(25)23(16)18)12-7-3-1-4-8-12/h1-11H,19H2,(H,21,26). The minimum absolute atomic E-state index is 0.136. The number of para-hydroxylation sites is 1. The van der Waals surface area contributed by atoms with Crippen molar-refractivity contribution in [1.29, 1.82) is 0 Å². The van der Waals surface area contributed by atoms with Gasteiger partial charge in [0.25, 0.3) is 5.56 Å². The second-order valence-corrected chi connectivity index (χ2v) is 5.53. The number of aromatic nitrogens is 4. The third-order valence-electron chi connectivity index (χ3n) is 3.90. The minimum Gasteiger partial charge on any atom is -0.287 e. The predicted octanol–water partition coefficient (Wildman–Crippen LogP) is 1.15. The maximum absolute atomic E-state index is 12.7. The zero-order valence-corrected chi connectivity index (χ0v) is 13.5. The lowest BCUT2D eigenvalue weighted by Crippen LogP contribution is -2.33. The summed E-state index contributed by atoms with van der Waals surface area (Å²) in [5, 5.41) is 4.25. The van der Waals surface area contributed by atoms with Crippen LogP contribution in [-0.2, 0) is 0 Å². The van der Waals surface area contributed by atoms with Gasteiger partial charge in [-0.05, 0) is 12.1 Å². The molecule has 4 aromatic rings. The van der Waals surface area contributed by atoms with Gasteiger partial charge >= 0.3 is 5.91 Å². The molecular weight excluding hydrogens is 332 g/mol. The molecule has 8 heteroatoms. The highest BCUT2D eigenvalue weighted by Crippen LogP contribution is 2.18. The van der Waals surface area contributed by atoms with Crippen LogP contribution >= 0.6 is 0 Å². The fraction of sp³-hybridized carbons (Fsp3) is 0. The summed E-state index contributed by atoms with van der Waals surface area (Å²) < 4.78 is 2.58. The van der Waals surface area contributed by atoms with Gasteiger partial charge in [0, 0.05) is 11.6 Å². The lowest BCUT2D eigenvalue weighted by Gasteiger charge is -2.04. The molecule has 2 aromatic heterocycles. The van der Waals surface area contributed by atoms with Gasteiger partial charge in [0.15, 0.2) is 0 Å². The van der Waals surface area contributed by atoms with E-state index in [0.717, 1.165) is 9.96 Å². The number of hydrogen-bond donors (Lipinski definition) is 2. The van der Waals surface area contributed by atoms with Crippen LogP contribution in [0.1, 0.15) is 10.6 Å². The van der Waals surface area contributed by atoms with E-state index in [4.69, 9.17) is 5.84 Å². The molecule has 26 heavy (non-hydrogen) atoms. The SMILES string of the molecule is NNC(=O)c1nn(-c2ccccc2)c2nc(-c3ccccc3)cc(=O)n12. The number of nitrogens with zero attached hydrogens (tertiary/aromatic N) is 4. The van der Waals surface area contributed by atoms with Crippen LogP contribution in [0.5, 0.6) is 0 Å². The third kappa shape index (κ3) is 2.54. The molecule has 0 radical (unpaired) electrons. The molecule has 3 N–H and O–H groups in total. The highest BCUT2D eigenvalue weighted by Gasteiger charge is 2.21. The second-order valence-electron chi connectivity index (χ2n) is 5.53. The number of carbonyl (C=O) groups is 1. The Morgan fingerprint density at radius 2 is 1.65 bits per heavy atom. The van der Waals surface area contributed by atoms with Crippen molar-refractivity contribution in [3.8, 4) is 16.9 Å². The molecule has 0 aliphatic rings. The summed E-state index contributed by atoms with van der Waals surface area (Å²) in [7, 11) is 0. The van der Waals surface area contributed by atoms with E-state index < -0.39 is 11.5 Å². The van der Waals surface area contributed by atoms with Crippen LogP contribution in [0.15, 0.2) is 71.5 Å². The molecule has 4 rings (SSSR count). The number of nitrogens with one attached hydrogen (secondary N) is 1. The molecule has 128 valence electrons. The van der Waals surface area contributed by atoms with Crippen molar-refractivity contribution < 1.29 is 4.79 Å². The largest absolute Gasteiger partial charge is 0.303 e. The van der Waals surface area contributed by atoms with Gasteiger partial charge in [-0.3, -0.25) is 15.0 Å². The Labute approximate surface area is 147 Å². The summed E-state index contributed by atoms with van der Waals surface area (Å²) in [5.74, 6) is 4.64. The van der Waals surface area contributed by atoms with Crippen LogP contribution in [0.25, 0.3) is 22.7 Å². The lowest BCUT2D eigenvalue weighted by atomic mass is 10.1. The Kier molecular flexibility index (Phi) is 3.79. The van der Waals surface area contributed by atoms with Gasteiger partial charge in [-0.1, -0.05) is 48.5 Å². The molecule has 0 aliphatic heterocycles. The van der Waals surface area contributed by atoms with Gasteiger partial charge in [-0.15, -0.1) is 5.10 Å². The van der Waals surface area contributed by atoms with E-state index in [1.807, 2.05) is 54.0 Å². The van der Waals surface area contributed by atoms with E-state index in [1.165, 1.54) is 10.7 Å². The topological polar surface area (TPSA) is 107 Å². The van der Waals surface area contributed by atoms with E-state index in [2.05, 4.69) is 10.1 Å². The fourth-order valence-corrected chi connectivity index (χ4v) is 2.71. The first-order valence-electron chi connectivity index (χ1n) is 7.83. The normalized spacial score (nSPS) is 10.8. The Hall–Kier alpha value is -3.78. The van der Waals surface area contributed by atoms with Crippen LogP contribution in [-0.4, -0.2) is 25.1 Å². The maximum atomic E-state index is 12.7. The van der Waals surface area contributed by atoms with Crippen LogP contribution in [0.2, 0.25) is 0 Å². The Bertz CT molecular complexity index is 1150. The number of nitrogen functional groups attached to an aromatic ring is 1. The van der Waals surface area contributed by atoms with Crippen molar-refractivity contribution in [2.45, 2.75) is 0 Å². The fourth-order valence-electron chi connectivity index (χ4n) is 2.71. The van der Waals surface area contributed by atoms with Crippen molar-refractivity contribution in [3.05, 3.63) is 82.9 Å². The first kappa shape index (κ1) is 15.7. The first-order valence-corrected chi connectivity index (χ1v) is 7.83. The molecule has 0 fully saturated rings. The van der Waals surface area contributed by atoms with Crippen molar-refractivity contribution in [2.75, 3.05) is 0 Å². The summed E-state index contributed by atoms with van der Waals surface area (Å²) in [6.45, 7) is 0. The van der Waals surface area contributed by atoms with E-state index in [-0.39, 0.29) is 11.6 Å². The molecule has 0 bridgehead atoms. The molecule has 2 heterocycles. The van der Waals surface area contributed by atoms with E-state index in [0.29, 0.717) is 11.4 Å². The molecule has 0 saturated heterocycles. The van der Waals surface area contributed by atoms with Gasteiger partial charge in [-0.25, -0.2) is 15.2 Å². The molecular formula is C18H14N6O2. The second kappa shape index (κ2) is 6.26. The van der Waals surface area contributed by atoms with Crippen LogP contribution in [0.4, 0.5) is 0 Å². The Balaban J connectivity index is 2.06. The van der Waals surface area contributed by atoms with E-state index >= 15 is 0 Å². The minimum atomic E-state index is -0.680. The average Bonchev–Trinajstić information content (AvgIpc) is 3.09. The molecule has 0 unspecified atom stereocenters. The number of rotatable bonds is 3. The van der Waals surface area contributed by atoms with E-state index in [1.54, 1.807) is 12.1 Å². The molecule has 8 nitrogen and oxygen atoms in total. The van der Waals surface area contributed by atoms with Gasteiger partial charge < -0.3 is 0 Å². The number of benzene rings is 2. The number of hydrogen-bond acceptors (Lipinski definition) is 5. The summed E-state index contributed by atoms with van der Waals surface area (Å²) >= 11 is 0. The van der Waals surface area contributed by atoms with Crippen LogP contribution in [0, 0.1) is 0 Å². The van der Waals surface area contributed by atoms with Gasteiger partial charge in [0.1, 0.15) is 0 Å². The highest BCUT2D eigenvalue weighted by atomic mass is 16.2. The summed E-state index contributed by atoms with van der Waals surface area (Å²) in [4.78, 5) is 29.3. The van der Waals surface area contributed by atoms with Crippen molar-refractivity contribution in [2.24, 2.45) is 5.84 Å². The zero-order chi connectivity index (χ0) is 18.1. The number of fused-ring (bicyclic) bond motifs is 1. The number of amides is 1. The molecule has 0 saturated carbocycles. The third-order valence-corrected chi connectivity index (χ3v) is 3.90. The average molecular weight is 346 g/mol. The molecule has 1 amide bonds. The molecule has 0 atom stereocenters. The van der Waals surface area contributed by atoms with Crippen molar-refractivity contribution >= 4 is 11.7 Å². The van der Waals surface area contributed by atoms with Crippen LogP contribution < -0.4 is 16.8 Å². The first-order chi connectivity index (χ1) is 12.7. The Morgan fingerprint density at radius 3 is 2.31 bits per heavy atom. The molecule has 0 spiro atoms. The van der Waals surface area contributed by atoms with Gasteiger partial charge in [-0.2, -0.15) is 4.68 Å². The summed E-state index contributed by atoms with van der Waals surface area (Å²) in [6.07, 6.45) is 0. The zero-order valence-electron chi connectivity index (χ0n) is 13.5.